The van der Waals surface area contributed by atoms with Crippen LogP contribution in [0.5, 0.6) is 0 Å². The van der Waals surface area contributed by atoms with Crippen LogP contribution in [0.15, 0.2) is 24.3 Å². The maximum atomic E-state index is 12.0. The van der Waals surface area contributed by atoms with Gasteiger partial charge in [-0.25, -0.2) is 0 Å². The van der Waals surface area contributed by atoms with Crippen molar-refractivity contribution in [1.29, 1.82) is 0 Å². The second kappa shape index (κ2) is 8.76. The largest absolute Gasteiger partial charge is 0.326 e. The predicted molar refractivity (Wildman–Crippen MR) is 91.4 cm³/mol. The molecule has 2 amide bonds. The minimum Gasteiger partial charge on any atom is -0.326 e. The molecule has 0 radical (unpaired) electrons. The highest BCUT2D eigenvalue weighted by molar-refractivity contribution is 5.95. The van der Waals surface area contributed by atoms with E-state index in [1.807, 2.05) is 13.8 Å². The lowest BCUT2D eigenvalue weighted by Crippen LogP contribution is -2.35. The van der Waals surface area contributed by atoms with Crippen LogP contribution in [0.2, 0.25) is 0 Å². The lowest BCUT2D eigenvalue weighted by molar-refractivity contribution is -0.118. The van der Waals surface area contributed by atoms with E-state index in [0.717, 1.165) is 30.8 Å². The fourth-order valence-corrected chi connectivity index (χ4v) is 2.36. The Bertz CT molecular complexity index is 497. The van der Waals surface area contributed by atoms with Crippen molar-refractivity contribution in [2.75, 3.05) is 17.2 Å². The molecule has 1 heterocycles. The number of amides is 2. The van der Waals surface area contributed by atoms with Gasteiger partial charge < -0.3 is 16.0 Å². The summed E-state index contributed by atoms with van der Waals surface area (Å²) in [6.45, 7) is 4.92. The molecule has 5 nitrogen and oxygen atoms in total. The molecule has 0 saturated carbocycles. The van der Waals surface area contributed by atoms with Gasteiger partial charge in [0.25, 0.3) is 0 Å². The lowest BCUT2D eigenvalue weighted by atomic mass is 10.1. The van der Waals surface area contributed by atoms with E-state index in [0.29, 0.717) is 12.3 Å². The number of rotatable bonds is 5. The summed E-state index contributed by atoms with van der Waals surface area (Å²) >= 11 is 0. The van der Waals surface area contributed by atoms with Gasteiger partial charge in [0.2, 0.25) is 11.8 Å². The average Bonchev–Trinajstić information content (AvgIpc) is 2.94. The van der Waals surface area contributed by atoms with E-state index in [1.165, 1.54) is 0 Å². The first-order chi connectivity index (χ1) is 10.0. The fourth-order valence-electron chi connectivity index (χ4n) is 2.36. The molecule has 6 heteroatoms. The molecule has 0 unspecified atom stereocenters. The van der Waals surface area contributed by atoms with Crippen molar-refractivity contribution in [1.82, 2.24) is 5.32 Å². The maximum Gasteiger partial charge on any atom is 0.241 e. The van der Waals surface area contributed by atoms with E-state index in [9.17, 15) is 9.59 Å². The van der Waals surface area contributed by atoms with Crippen LogP contribution in [0.3, 0.4) is 0 Å². The molecule has 1 fully saturated rings. The third kappa shape index (κ3) is 5.66. The second-order valence-electron chi connectivity index (χ2n) is 5.86. The number of hydrogen-bond acceptors (Lipinski definition) is 3. The first-order valence-electron chi connectivity index (χ1n) is 7.49. The molecule has 0 bridgehead atoms. The molecule has 1 aliphatic rings. The Morgan fingerprint density at radius 3 is 2.27 bits per heavy atom. The molecule has 1 saturated heterocycles. The minimum atomic E-state index is -0.0876. The summed E-state index contributed by atoms with van der Waals surface area (Å²) < 4.78 is 0. The zero-order valence-corrected chi connectivity index (χ0v) is 13.8. The molecular formula is C16H24ClN3O2. The van der Waals surface area contributed by atoms with E-state index in [1.54, 1.807) is 24.3 Å². The van der Waals surface area contributed by atoms with Crippen LogP contribution in [-0.4, -0.2) is 24.4 Å². The van der Waals surface area contributed by atoms with E-state index in [4.69, 9.17) is 0 Å². The van der Waals surface area contributed by atoms with Crippen LogP contribution in [0.1, 0.15) is 33.1 Å². The van der Waals surface area contributed by atoms with Crippen molar-refractivity contribution in [2.45, 2.75) is 39.2 Å². The minimum absolute atomic E-state index is 0. The number of carbonyl (C=O) groups excluding carboxylic acids is 2. The Morgan fingerprint density at radius 2 is 1.77 bits per heavy atom. The van der Waals surface area contributed by atoms with Gasteiger partial charge in [0.15, 0.2) is 0 Å². The topological polar surface area (TPSA) is 70.2 Å². The van der Waals surface area contributed by atoms with E-state index < -0.39 is 0 Å². The summed E-state index contributed by atoms with van der Waals surface area (Å²) in [6, 6.07) is 7.12. The third-order valence-electron chi connectivity index (χ3n) is 3.41. The van der Waals surface area contributed by atoms with Crippen LogP contribution < -0.4 is 16.0 Å². The summed E-state index contributed by atoms with van der Waals surface area (Å²) in [6.07, 6.45) is 2.43. The predicted octanol–water partition coefficient (Wildman–Crippen LogP) is 2.78. The van der Waals surface area contributed by atoms with Crippen molar-refractivity contribution in [3.63, 3.8) is 0 Å². The highest BCUT2D eigenvalue weighted by Crippen LogP contribution is 2.16. The second-order valence-corrected chi connectivity index (χ2v) is 5.86. The zero-order valence-electron chi connectivity index (χ0n) is 13.0. The van der Waals surface area contributed by atoms with Crippen LogP contribution in [0.4, 0.5) is 11.4 Å². The standard InChI is InChI=1S/C16H23N3O2.ClH/c1-11(2)10-15(20)18-12-5-7-13(8-6-12)19-16(21)14-4-3-9-17-14;/h5-8,11,14,17H,3-4,9-10H2,1-2H3,(H,18,20)(H,19,21);1H/t14-;/m0./s1. The molecule has 3 N–H and O–H groups in total. The average molecular weight is 326 g/mol. The molecule has 1 aromatic carbocycles. The van der Waals surface area contributed by atoms with Gasteiger partial charge in [-0.05, 0) is 49.6 Å². The van der Waals surface area contributed by atoms with Gasteiger partial charge in [-0.1, -0.05) is 13.8 Å². The monoisotopic (exact) mass is 325 g/mol. The van der Waals surface area contributed by atoms with E-state index in [2.05, 4.69) is 16.0 Å². The first kappa shape index (κ1) is 18.5. The molecule has 1 atom stereocenters. The summed E-state index contributed by atoms with van der Waals surface area (Å²) in [5.41, 5.74) is 1.49. The Balaban J connectivity index is 0.00000242. The molecular weight excluding hydrogens is 302 g/mol. The van der Waals surface area contributed by atoms with Crippen molar-refractivity contribution >= 4 is 35.6 Å². The van der Waals surface area contributed by atoms with Gasteiger partial charge in [0, 0.05) is 17.8 Å². The van der Waals surface area contributed by atoms with Gasteiger partial charge in [-0.2, -0.15) is 0 Å². The normalized spacial score (nSPS) is 17.0. The number of anilines is 2. The lowest BCUT2D eigenvalue weighted by Gasteiger charge is -2.12. The Morgan fingerprint density at radius 1 is 1.18 bits per heavy atom. The van der Waals surface area contributed by atoms with Gasteiger partial charge in [0.05, 0.1) is 6.04 Å². The molecule has 1 aromatic rings. The van der Waals surface area contributed by atoms with Crippen LogP contribution >= 0.6 is 12.4 Å². The summed E-state index contributed by atoms with van der Waals surface area (Å²) in [5.74, 6) is 0.350. The van der Waals surface area contributed by atoms with Crippen LogP contribution in [0.25, 0.3) is 0 Å². The smallest absolute Gasteiger partial charge is 0.241 e. The van der Waals surface area contributed by atoms with Crippen molar-refractivity contribution in [3.8, 4) is 0 Å². The Kier molecular flexibility index (Phi) is 7.35. The van der Waals surface area contributed by atoms with Crippen LogP contribution in [0, 0.1) is 5.92 Å². The molecule has 0 aliphatic carbocycles. The van der Waals surface area contributed by atoms with Gasteiger partial charge in [-0.15, -0.1) is 12.4 Å². The Labute approximate surface area is 137 Å². The number of nitrogens with one attached hydrogen (secondary N) is 3. The highest BCUT2D eigenvalue weighted by atomic mass is 35.5. The zero-order chi connectivity index (χ0) is 15.2. The molecule has 22 heavy (non-hydrogen) atoms. The quantitative estimate of drug-likeness (QED) is 0.779. The number of hydrogen-bond donors (Lipinski definition) is 3. The summed E-state index contributed by atoms with van der Waals surface area (Å²) in [4.78, 5) is 23.6. The van der Waals surface area contributed by atoms with E-state index >= 15 is 0 Å². The van der Waals surface area contributed by atoms with Gasteiger partial charge in [-0.3, -0.25) is 9.59 Å². The number of carbonyl (C=O) groups is 2. The molecule has 0 spiro atoms. The molecule has 0 aromatic heterocycles. The SMILES string of the molecule is CC(C)CC(=O)Nc1ccc(NC(=O)[C@@H]2CCCN2)cc1.Cl. The molecule has 2 rings (SSSR count). The van der Waals surface area contributed by atoms with E-state index in [-0.39, 0.29) is 30.3 Å². The highest BCUT2D eigenvalue weighted by Gasteiger charge is 2.21. The van der Waals surface area contributed by atoms with Crippen molar-refractivity contribution in [2.24, 2.45) is 5.92 Å². The first-order valence-corrected chi connectivity index (χ1v) is 7.49. The van der Waals surface area contributed by atoms with Crippen molar-refractivity contribution in [3.05, 3.63) is 24.3 Å². The summed E-state index contributed by atoms with van der Waals surface area (Å²) in [7, 11) is 0. The van der Waals surface area contributed by atoms with Crippen molar-refractivity contribution < 1.29 is 9.59 Å². The summed E-state index contributed by atoms with van der Waals surface area (Å²) in [5, 5.41) is 8.89. The van der Waals surface area contributed by atoms with Crippen LogP contribution in [-0.2, 0) is 9.59 Å². The van der Waals surface area contributed by atoms with Gasteiger partial charge in [0.1, 0.15) is 0 Å². The molecule has 1 aliphatic heterocycles. The molecule has 122 valence electrons. The maximum absolute atomic E-state index is 12.0. The number of benzene rings is 1. The van der Waals surface area contributed by atoms with Gasteiger partial charge >= 0.3 is 0 Å². The fraction of sp³-hybridized carbons (Fsp3) is 0.500. The number of halogens is 1. The Hall–Kier alpha value is -1.59. The third-order valence-corrected chi connectivity index (χ3v) is 3.41.